The number of nitrogens with zero attached hydrogens (tertiary/aromatic N) is 1. The Labute approximate surface area is 254 Å². The van der Waals surface area contributed by atoms with Gasteiger partial charge in [-0.05, 0) is 17.5 Å². The first-order chi connectivity index (χ1) is 19.5. The number of rotatable bonds is 11. The lowest BCUT2D eigenvalue weighted by Crippen LogP contribution is -2.70. The summed E-state index contributed by atoms with van der Waals surface area (Å²) in [5.41, 5.74) is 1.61. The highest BCUT2D eigenvalue weighted by Gasteiger charge is 2.56. The van der Waals surface area contributed by atoms with E-state index in [2.05, 4.69) is 6.58 Å². The average Bonchev–Trinajstić information content (AvgIpc) is 2.92. The molecule has 12 heteroatoms. The fourth-order valence-corrected chi connectivity index (χ4v) is 4.65. The lowest BCUT2D eigenvalue weighted by molar-refractivity contribution is -0.253. The van der Waals surface area contributed by atoms with E-state index in [-0.39, 0.29) is 19.6 Å². The third-order valence-corrected chi connectivity index (χ3v) is 6.40. The molecule has 2 aromatic carbocycles. The zero-order valence-electron chi connectivity index (χ0n) is 22.6. The van der Waals surface area contributed by atoms with Crippen molar-refractivity contribution >= 4 is 52.8 Å². The van der Waals surface area contributed by atoms with E-state index in [1.807, 2.05) is 60.7 Å². The number of alkyl halides is 3. The maximum absolute atomic E-state index is 13.6. The Morgan fingerprint density at radius 2 is 1.34 bits per heavy atom. The van der Waals surface area contributed by atoms with E-state index in [1.165, 1.54) is 18.7 Å². The number of hydrogen-bond donors (Lipinski definition) is 0. The molecule has 1 heterocycles. The van der Waals surface area contributed by atoms with Gasteiger partial charge in [0.15, 0.2) is 18.4 Å². The molecule has 0 radical (unpaired) electrons. The van der Waals surface area contributed by atoms with E-state index >= 15 is 0 Å². The van der Waals surface area contributed by atoms with Gasteiger partial charge in [0.2, 0.25) is 3.79 Å². The summed E-state index contributed by atoms with van der Waals surface area (Å²) in [6.45, 7) is 5.78. The molecule has 0 aromatic heterocycles. The van der Waals surface area contributed by atoms with Gasteiger partial charge in [0.05, 0.1) is 19.3 Å². The van der Waals surface area contributed by atoms with Gasteiger partial charge in [-0.15, -0.1) is 6.58 Å². The van der Waals surface area contributed by atoms with Crippen LogP contribution in [0.5, 0.6) is 0 Å². The topological polar surface area (TPSA) is 101 Å². The van der Waals surface area contributed by atoms with Crippen molar-refractivity contribution in [2.75, 3.05) is 6.61 Å². The minimum absolute atomic E-state index is 0.0297. The molecule has 0 saturated carbocycles. The van der Waals surface area contributed by atoms with Crippen molar-refractivity contribution in [2.45, 2.75) is 67.9 Å². The highest BCUT2D eigenvalue weighted by molar-refractivity contribution is 6.67. The second-order valence-electron chi connectivity index (χ2n) is 9.27. The van der Waals surface area contributed by atoms with E-state index in [9.17, 15) is 14.4 Å². The minimum atomic E-state index is -1.90. The zero-order valence-corrected chi connectivity index (χ0v) is 24.9. The van der Waals surface area contributed by atoms with Crippen LogP contribution < -0.4 is 0 Å². The fraction of sp³-hybridized carbons (Fsp3) is 0.414. The number of piperidine rings is 1. The quantitative estimate of drug-likeness (QED) is 0.134. The van der Waals surface area contributed by atoms with Crippen molar-refractivity contribution in [1.82, 2.24) is 4.90 Å². The Kier molecular flexibility index (Phi) is 12.3. The molecule has 41 heavy (non-hydrogen) atoms. The number of hydrogen-bond acceptors (Lipinski definition) is 8. The predicted molar refractivity (Wildman–Crippen MR) is 153 cm³/mol. The maximum atomic E-state index is 13.6. The van der Waals surface area contributed by atoms with Crippen LogP contribution in [-0.4, -0.2) is 63.9 Å². The second-order valence-corrected chi connectivity index (χ2v) is 11.8. The lowest BCUT2D eigenvalue weighted by atomic mass is 9.89. The second kappa shape index (κ2) is 15.4. The van der Waals surface area contributed by atoms with E-state index in [4.69, 9.17) is 58.5 Å². The molecular weight excluding hydrogens is 597 g/mol. The molecule has 1 aliphatic rings. The number of carbonyl (C=O) groups is 3. The van der Waals surface area contributed by atoms with Gasteiger partial charge in [0.1, 0.15) is 12.7 Å². The van der Waals surface area contributed by atoms with Crippen LogP contribution in [0.2, 0.25) is 0 Å². The van der Waals surface area contributed by atoms with E-state index in [0.29, 0.717) is 0 Å². The normalized spacial score (nSPS) is 22.5. The van der Waals surface area contributed by atoms with Crippen LogP contribution in [0.25, 0.3) is 0 Å². The largest absolute Gasteiger partial charge is 0.457 e. The molecule has 0 spiro atoms. The Bertz CT molecular complexity index is 1160. The molecule has 1 saturated heterocycles. The molecule has 0 bridgehead atoms. The summed E-state index contributed by atoms with van der Waals surface area (Å²) in [5.74, 6) is -1.31. The third-order valence-electron chi connectivity index (χ3n) is 6.07. The minimum Gasteiger partial charge on any atom is -0.457 e. The third kappa shape index (κ3) is 9.90. The summed E-state index contributed by atoms with van der Waals surface area (Å²) < 4.78 is 27.4. The SMILES string of the molecule is C=CC[C@@H]1[C@H](OC(C)=O)[C@@H](OCc2ccccc2)[C@H](OC(C)=O)[C@@H](OCc2ccccc2)N1C(=O)OCC(Cl)(Cl)Cl. The van der Waals surface area contributed by atoms with E-state index in [1.54, 1.807) is 6.08 Å². The Hall–Kier alpha value is -2.82. The standard InChI is InChI=1S/C29H32Cl3NO8/c1-4-11-23-24(40-19(2)34)25(37-16-21-12-7-5-8-13-21)26(41-20(3)35)27(38-17-22-14-9-6-10-15-22)33(23)28(36)39-18-29(30,31)32/h4-10,12-15,23-27H,1,11,16-18H2,2-3H3/t23-,24+,25-,26+,27-/m1/s1. The van der Waals surface area contributed by atoms with Crippen LogP contribution in [0.3, 0.4) is 0 Å². The molecule has 1 amide bonds. The number of likely N-dealkylation sites (tertiary alicyclic amines) is 1. The molecule has 3 rings (SSSR count). The van der Waals surface area contributed by atoms with Crippen LogP contribution in [0, 0.1) is 0 Å². The first-order valence-corrected chi connectivity index (χ1v) is 13.9. The van der Waals surface area contributed by atoms with Crippen LogP contribution >= 0.6 is 34.8 Å². The van der Waals surface area contributed by atoms with Crippen molar-refractivity contribution < 1.29 is 38.1 Å². The van der Waals surface area contributed by atoms with Crippen molar-refractivity contribution in [3.05, 3.63) is 84.4 Å². The van der Waals surface area contributed by atoms with Crippen molar-refractivity contribution in [3.63, 3.8) is 0 Å². The van der Waals surface area contributed by atoms with Crippen LogP contribution in [0.1, 0.15) is 31.4 Å². The number of esters is 2. The van der Waals surface area contributed by atoms with Gasteiger partial charge in [-0.2, -0.15) is 0 Å². The molecule has 0 N–H and O–H groups in total. The van der Waals surface area contributed by atoms with Crippen LogP contribution in [-0.2, 0) is 46.5 Å². The highest BCUT2D eigenvalue weighted by atomic mass is 35.6. The summed E-state index contributed by atoms with van der Waals surface area (Å²) in [4.78, 5) is 39.5. The van der Waals surface area contributed by atoms with Gasteiger partial charge in [-0.3, -0.25) is 14.5 Å². The summed E-state index contributed by atoms with van der Waals surface area (Å²) in [6.07, 6.45) is -3.93. The molecule has 2 aromatic rings. The van der Waals surface area contributed by atoms with Crippen molar-refractivity contribution in [2.24, 2.45) is 0 Å². The van der Waals surface area contributed by atoms with Crippen LogP contribution in [0.4, 0.5) is 4.79 Å². The smallest absolute Gasteiger partial charge is 0.412 e. The number of halogens is 3. The Morgan fingerprint density at radius 1 is 0.829 bits per heavy atom. The molecule has 0 aliphatic carbocycles. The molecule has 5 atom stereocenters. The van der Waals surface area contributed by atoms with Crippen molar-refractivity contribution in [3.8, 4) is 0 Å². The van der Waals surface area contributed by atoms with Gasteiger partial charge in [-0.25, -0.2) is 4.79 Å². The molecule has 222 valence electrons. The Balaban J connectivity index is 2.09. The van der Waals surface area contributed by atoms with E-state index in [0.717, 1.165) is 11.1 Å². The lowest BCUT2D eigenvalue weighted by Gasteiger charge is -2.50. The molecule has 1 fully saturated rings. The van der Waals surface area contributed by atoms with Gasteiger partial charge >= 0.3 is 18.0 Å². The van der Waals surface area contributed by atoms with Gasteiger partial charge in [-0.1, -0.05) is 102 Å². The van der Waals surface area contributed by atoms with Gasteiger partial charge in [0.25, 0.3) is 0 Å². The predicted octanol–water partition coefficient (Wildman–Crippen LogP) is 5.75. The average molecular weight is 629 g/mol. The first kappa shape index (κ1) is 32.7. The Morgan fingerprint density at radius 3 is 1.83 bits per heavy atom. The molecular formula is C29H32Cl3NO8. The highest BCUT2D eigenvalue weighted by Crippen LogP contribution is 2.36. The fourth-order valence-electron chi connectivity index (χ4n) is 4.49. The number of amides is 1. The number of benzene rings is 2. The van der Waals surface area contributed by atoms with Gasteiger partial charge in [0, 0.05) is 13.8 Å². The van der Waals surface area contributed by atoms with Crippen LogP contribution in [0.15, 0.2) is 73.3 Å². The van der Waals surface area contributed by atoms with E-state index < -0.39 is 59.0 Å². The summed E-state index contributed by atoms with van der Waals surface area (Å²) in [7, 11) is 0. The molecule has 1 aliphatic heterocycles. The maximum Gasteiger partial charge on any atom is 0.412 e. The van der Waals surface area contributed by atoms with Crippen molar-refractivity contribution in [1.29, 1.82) is 0 Å². The number of carbonyl (C=O) groups excluding carboxylic acids is 3. The summed E-state index contributed by atoms with van der Waals surface area (Å²) in [6, 6.07) is 17.5. The summed E-state index contributed by atoms with van der Waals surface area (Å²) >= 11 is 17.5. The number of ether oxygens (including phenoxy) is 5. The molecule has 0 unspecified atom stereocenters. The van der Waals surface area contributed by atoms with Gasteiger partial charge < -0.3 is 23.7 Å². The monoisotopic (exact) mass is 627 g/mol. The first-order valence-electron chi connectivity index (χ1n) is 12.8. The summed E-state index contributed by atoms with van der Waals surface area (Å²) in [5, 5.41) is 0. The zero-order chi connectivity index (χ0) is 30.0. The molecule has 9 nitrogen and oxygen atoms in total.